The molecule has 1 fully saturated rings. The van der Waals surface area contributed by atoms with Crippen molar-refractivity contribution in [2.75, 3.05) is 19.6 Å². The number of hydrogen-bond donors (Lipinski definition) is 0. The van der Waals surface area contributed by atoms with E-state index in [0.29, 0.717) is 0 Å². The zero-order valence-electron chi connectivity index (χ0n) is 7.93. The van der Waals surface area contributed by atoms with Crippen LogP contribution < -0.4 is 0 Å². The lowest BCUT2D eigenvalue weighted by Gasteiger charge is -2.37. The van der Waals surface area contributed by atoms with Crippen LogP contribution in [0.3, 0.4) is 0 Å². The molecule has 0 N–H and O–H groups in total. The minimum absolute atomic E-state index is 0.935. The lowest BCUT2D eigenvalue weighted by molar-refractivity contribution is 0.126. The Morgan fingerprint density at radius 2 is 2.18 bits per heavy atom. The third-order valence-electron chi connectivity index (χ3n) is 2.17. The van der Waals surface area contributed by atoms with E-state index < -0.39 is 0 Å². The van der Waals surface area contributed by atoms with Gasteiger partial charge in [0, 0.05) is 19.6 Å². The summed E-state index contributed by atoms with van der Waals surface area (Å²) in [4.78, 5) is 2.51. The van der Waals surface area contributed by atoms with Crippen LogP contribution in [0.1, 0.15) is 27.2 Å². The third kappa shape index (κ3) is 2.66. The van der Waals surface area contributed by atoms with Crippen LogP contribution in [0.5, 0.6) is 0 Å². The zero-order valence-corrected chi connectivity index (χ0v) is 7.93. The van der Waals surface area contributed by atoms with Crippen molar-refractivity contribution in [3.05, 3.63) is 11.6 Å². The molecule has 1 aliphatic heterocycles. The number of likely N-dealkylation sites (tertiary alicyclic amines) is 1. The predicted molar refractivity (Wildman–Crippen MR) is 49.7 cm³/mol. The molecule has 1 nitrogen and oxygen atoms in total. The molecule has 0 radical (unpaired) electrons. The van der Waals surface area contributed by atoms with Gasteiger partial charge in [-0.3, -0.25) is 4.90 Å². The van der Waals surface area contributed by atoms with Crippen molar-refractivity contribution in [1.29, 1.82) is 0 Å². The molecule has 0 bridgehead atoms. The van der Waals surface area contributed by atoms with Crippen molar-refractivity contribution >= 4 is 0 Å². The standard InChI is InChI=1S/C10H19N/c1-4-5-9(2)6-11-7-10(3)8-11/h5,10H,4,6-8H2,1-3H3/b9-5+. The summed E-state index contributed by atoms with van der Waals surface area (Å²) >= 11 is 0. The summed E-state index contributed by atoms with van der Waals surface area (Å²) in [5, 5.41) is 0. The minimum atomic E-state index is 0.935. The highest BCUT2D eigenvalue weighted by atomic mass is 15.2. The molecule has 0 unspecified atom stereocenters. The van der Waals surface area contributed by atoms with E-state index in [4.69, 9.17) is 0 Å². The van der Waals surface area contributed by atoms with Crippen molar-refractivity contribution in [2.45, 2.75) is 27.2 Å². The van der Waals surface area contributed by atoms with Crippen molar-refractivity contribution in [2.24, 2.45) is 5.92 Å². The number of allylic oxidation sites excluding steroid dienone is 1. The molecule has 1 heterocycles. The van der Waals surface area contributed by atoms with Gasteiger partial charge in [0.1, 0.15) is 0 Å². The van der Waals surface area contributed by atoms with Gasteiger partial charge in [0.25, 0.3) is 0 Å². The highest BCUT2D eigenvalue weighted by Gasteiger charge is 2.21. The molecule has 11 heavy (non-hydrogen) atoms. The lowest BCUT2D eigenvalue weighted by Crippen LogP contribution is -2.45. The van der Waals surface area contributed by atoms with Crippen LogP contribution in [0, 0.1) is 5.92 Å². The Balaban J connectivity index is 2.16. The normalized spacial score (nSPS) is 21.9. The molecule has 0 amide bonds. The number of nitrogens with zero attached hydrogens (tertiary/aromatic N) is 1. The molecule has 1 rings (SSSR count). The first kappa shape index (κ1) is 8.79. The Bertz CT molecular complexity index is 143. The molecule has 0 aromatic heterocycles. The second kappa shape index (κ2) is 3.91. The number of hydrogen-bond acceptors (Lipinski definition) is 1. The maximum absolute atomic E-state index is 2.51. The summed E-state index contributed by atoms with van der Waals surface area (Å²) < 4.78 is 0. The summed E-state index contributed by atoms with van der Waals surface area (Å²) in [6.45, 7) is 10.5. The Hall–Kier alpha value is -0.300. The quantitative estimate of drug-likeness (QED) is 0.562. The van der Waals surface area contributed by atoms with Crippen LogP contribution in [0.2, 0.25) is 0 Å². The largest absolute Gasteiger partial charge is 0.299 e. The molecule has 1 heteroatoms. The van der Waals surface area contributed by atoms with Crippen LogP contribution in [0.15, 0.2) is 11.6 Å². The van der Waals surface area contributed by atoms with Gasteiger partial charge >= 0.3 is 0 Å². The van der Waals surface area contributed by atoms with Gasteiger partial charge in [-0.15, -0.1) is 0 Å². The summed E-state index contributed by atoms with van der Waals surface area (Å²) in [6, 6.07) is 0. The smallest absolute Gasteiger partial charge is 0.0190 e. The molecule has 1 saturated heterocycles. The first-order chi connectivity index (χ1) is 5.22. The fraction of sp³-hybridized carbons (Fsp3) is 0.800. The van der Waals surface area contributed by atoms with Gasteiger partial charge in [-0.1, -0.05) is 25.5 Å². The van der Waals surface area contributed by atoms with Crippen LogP contribution >= 0.6 is 0 Å². The van der Waals surface area contributed by atoms with Gasteiger partial charge in [0.05, 0.1) is 0 Å². The monoisotopic (exact) mass is 153 g/mol. The molecular formula is C10H19N. The predicted octanol–water partition coefficient (Wildman–Crippen LogP) is 2.29. The first-order valence-electron chi connectivity index (χ1n) is 4.60. The Labute approximate surface area is 70.1 Å². The molecule has 0 aliphatic carbocycles. The van der Waals surface area contributed by atoms with E-state index in [1.165, 1.54) is 31.6 Å². The topological polar surface area (TPSA) is 3.24 Å². The van der Waals surface area contributed by atoms with E-state index in [1.807, 2.05) is 0 Å². The summed E-state index contributed by atoms with van der Waals surface area (Å²) in [6.07, 6.45) is 3.50. The Morgan fingerprint density at radius 1 is 1.55 bits per heavy atom. The van der Waals surface area contributed by atoms with Crippen LogP contribution in [0.25, 0.3) is 0 Å². The molecular weight excluding hydrogens is 134 g/mol. The van der Waals surface area contributed by atoms with E-state index in [2.05, 4.69) is 31.7 Å². The summed E-state index contributed by atoms with van der Waals surface area (Å²) in [7, 11) is 0. The summed E-state index contributed by atoms with van der Waals surface area (Å²) in [5.41, 5.74) is 1.53. The van der Waals surface area contributed by atoms with Gasteiger partial charge in [0.2, 0.25) is 0 Å². The van der Waals surface area contributed by atoms with Crippen LogP contribution in [-0.4, -0.2) is 24.5 Å². The van der Waals surface area contributed by atoms with Crippen molar-refractivity contribution in [3.8, 4) is 0 Å². The Morgan fingerprint density at radius 3 is 2.64 bits per heavy atom. The fourth-order valence-corrected chi connectivity index (χ4v) is 1.72. The highest BCUT2D eigenvalue weighted by Crippen LogP contribution is 2.15. The Kier molecular flexibility index (Phi) is 3.13. The molecule has 0 aromatic carbocycles. The fourth-order valence-electron chi connectivity index (χ4n) is 1.72. The van der Waals surface area contributed by atoms with Gasteiger partial charge < -0.3 is 0 Å². The van der Waals surface area contributed by atoms with Crippen LogP contribution in [-0.2, 0) is 0 Å². The van der Waals surface area contributed by atoms with E-state index in [1.54, 1.807) is 0 Å². The third-order valence-corrected chi connectivity index (χ3v) is 2.17. The molecule has 1 aliphatic rings. The SMILES string of the molecule is CC/C=C(\C)CN1CC(C)C1. The molecule has 64 valence electrons. The average molecular weight is 153 g/mol. The van der Waals surface area contributed by atoms with E-state index in [-0.39, 0.29) is 0 Å². The second-order valence-corrected chi connectivity index (χ2v) is 3.76. The van der Waals surface area contributed by atoms with Crippen molar-refractivity contribution in [3.63, 3.8) is 0 Å². The summed E-state index contributed by atoms with van der Waals surface area (Å²) in [5.74, 6) is 0.935. The van der Waals surface area contributed by atoms with Gasteiger partial charge in [-0.2, -0.15) is 0 Å². The zero-order chi connectivity index (χ0) is 8.27. The first-order valence-corrected chi connectivity index (χ1v) is 4.60. The maximum atomic E-state index is 2.51. The van der Waals surface area contributed by atoms with Gasteiger partial charge in [0.15, 0.2) is 0 Å². The highest BCUT2D eigenvalue weighted by molar-refractivity contribution is 5.01. The maximum Gasteiger partial charge on any atom is 0.0190 e. The average Bonchev–Trinajstić information content (AvgIpc) is 1.85. The second-order valence-electron chi connectivity index (χ2n) is 3.76. The van der Waals surface area contributed by atoms with E-state index >= 15 is 0 Å². The van der Waals surface area contributed by atoms with Gasteiger partial charge in [-0.25, -0.2) is 0 Å². The molecule has 0 saturated carbocycles. The van der Waals surface area contributed by atoms with E-state index in [9.17, 15) is 0 Å². The molecule has 0 spiro atoms. The lowest BCUT2D eigenvalue weighted by atomic mass is 10.0. The number of rotatable bonds is 3. The molecule has 0 aromatic rings. The van der Waals surface area contributed by atoms with Gasteiger partial charge in [-0.05, 0) is 19.3 Å². The van der Waals surface area contributed by atoms with E-state index in [0.717, 1.165) is 5.92 Å². The van der Waals surface area contributed by atoms with Crippen molar-refractivity contribution in [1.82, 2.24) is 4.90 Å². The molecule has 0 atom stereocenters. The van der Waals surface area contributed by atoms with Crippen LogP contribution in [0.4, 0.5) is 0 Å². The minimum Gasteiger partial charge on any atom is -0.299 e. The van der Waals surface area contributed by atoms with Crippen molar-refractivity contribution < 1.29 is 0 Å².